The number of benzene rings is 2. The first-order valence-electron chi connectivity index (χ1n) is 15.4. The summed E-state index contributed by atoms with van der Waals surface area (Å²) in [7, 11) is 0. The van der Waals surface area contributed by atoms with Crippen LogP contribution in [0, 0.1) is 22.7 Å². The lowest BCUT2D eigenvalue weighted by molar-refractivity contribution is -0.265. The van der Waals surface area contributed by atoms with Gasteiger partial charge in [-0.2, -0.15) is 0 Å². The zero-order valence-electron chi connectivity index (χ0n) is 25.4. The van der Waals surface area contributed by atoms with E-state index in [0.29, 0.717) is 22.9 Å². The second kappa shape index (κ2) is 11.9. The SMILES string of the molecule is C[C@@H]1CCC2[C@](C)(COC(=O)c3ccc(Cl)cc3Cl)[C@@H](OC(=O)c3ccc(Cl)cc3Cl)CC[C@]2(C)[C@@]12CCC1(COC(=O)C1)O2. The molecule has 45 heavy (non-hydrogen) atoms. The first kappa shape index (κ1) is 32.9. The van der Waals surface area contributed by atoms with Crippen molar-refractivity contribution in [1.29, 1.82) is 0 Å². The minimum Gasteiger partial charge on any atom is -0.463 e. The molecule has 11 heteroatoms. The van der Waals surface area contributed by atoms with Crippen molar-refractivity contribution in [2.24, 2.45) is 22.7 Å². The van der Waals surface area contributed by atoms with E-state index < -0.39 is 34.7 Å². The summed E-state index contributed by atoms with van der Waals surface area (Å²) >= 11 is 24.9. The number of ether oxygens (including phenoxy) is 4. The van der Waals surface area contributed by atoms with Gasteiger partial charge in [0.1, 0.15) is 24.9 Å². The number of esters is 3. The molecule has 2 spiro atoms. The second-order valence-electron chi connectivity index (χ2n) is 13.7. The summed E-state index contributed by atoms with van der Waals surface area (Å²) in [6.07, 6.45) is 4.09. The van der Waals surface area contributed by atoms with E-state index in [4.69, 9.17) is 65.4 Å². The van der Waals surface area contributed by atoms with Gasteiger partial charge in [-0.3, -0.25) is 4.79 Å². The predicted molar refractivity (Wildman–Crippen MR) is 171 cm³/mol. The zero-order chi connectivity index (χ0) is 32.4. The number of carbonyl (C=O) groups is 3. The molecule has 2 saturated carbocycles. The lowest BCUT2D eigenvalue weighted by atomic mass is 9.43. The molecule has 0 N–H and O–H groups in total. The fraction of sp³-hybridized carbons (Fsp3) is 0.559. The summed E-state index contributed by atoms with van der Waals surface area (Å²) in [6, 6.07) is 9.26. The Labute approximate surface area is 283 Å². The van der Waals surface area contributed by atoms with E-state index in [-0.39, 0.29) is 64.0 Å². The third kappa shape index (κ3) is 5.54. The molecule has 6 rings (SSSR count). The van der Waals surface area contributed by atoms with Crippen LogP contribution in [-0.2, 0) is 23.7 Å². The largest absolute Gasteiger partial charge is 0.463 e. The number of hydrogen-bond acceptors (Lipinski definition) is 7. The number of rotatable bonds is 5. The zero-order valence-corrected chi connectivity index (χ0v) is 28.5. The Bertz CT molecular complexity index is 1550. The number of cyclic esters (lactones) is 1. The highest BCUT2D eigenvalue weighted by Gasteiger charge is 2.70. The molecular formula is C34H36Cl4O7. The van der Waals surface area contributed by atoms with Crippen LogP contribution in [-0.4, -0.2) is 48.4 Å². The van der Waals surface area contributed by atoms with Crippen molar-refractivity contribution in [2.45, 2.75) is 83.0 Å². The number of halogens is 4. The summed E-state index contributed by atoms with van der Waals surface area (Å²) in [6.45, 7) is 6.76. The van der Waals surface area contributed by atoms with Gasteiger partial charge in [-0.25, -0.2) is 9.59 Å². The summed E-state index contributed by atoms with van der Waals surface area (Å²) in [5.41, 5.74) is -1.92. The fourth-order valence-electron chi connectivity index (χ4n) is 8.90. The molecule has 242 valence electrons. The summed E-state index contributed by atoms with van der Waals surface area (Å²) in [5, 5.41) is 1.20. The molecule has 2 aromatic rings. The molecule has 4 aliphatic rings. The van der Waals surface area contributed by atoms with Crippen molar-refractivity contribution in [3.05, 3.63) is 67.6 Å². The number of hydrogen-bond donors (Lipinski definition) is 0. The Morgan fingerprint density at radius 3 is 2.13 bits per heavy atom. The normalized spacial score (nSPS) is 35.7. The van der Waals surface area contributed by atoms with Crippen molar-refractivity contribution in [3.63, 3.8) is 0 Å². The van der Waals surface area contributed by atoms with E-state index in [1.54, 1.807) is 18.2 Å². The first-order chi connectivity index (χ1) is 21.2. The highest BCUT2D eigenvalue weighted by Crippen LogP contribution is 2.68. The Hall–Kier alpha value is -2.03. The average Bonchev–Trinajstić information content (AvgIpc) is 3.54. The van der Waals surface area contributed by atoms with Crippen LogP contribution in [0.4, 0.5) is 0 Å². The van der Waals surface area contributed by atoms with Gasteiger partial charge in [0.05, 0.1) is 33.2 Å². The van der Waals surface area contributed by atoms with Crippen LogP contribution in [0.3, 0.4) is 0 Å². The van der Waals surface area contributed by atoms with Gasteiger partial charge >= 0.3 is 17.9 Å². The van der Waals surface area contributed by atoms with Crippen LogP contribution in [0.15, 0.2) is 36.4 Å². The van der Waals surface area contributed by atoms with E-state index in [9.17, 15) is 14.4 Å². The van der Waals surface area contributed by atoms with E-state index in [1.165, 1.54) is 18.2 Å². The maximum atomic E-state index is 13.6. The predicted octanol–water partition coefficient (Wildman–Crippen LogP) is 8.77. The van der Waals surface area contributed by atoms with E-state index in [0.717, 1.165) is 25.7 Å². The molecule has 7 atom stereocenters. The van der Waals surface area contributed by atoms with Gasteiger partial charge in [-0.15, -0.1) is 0 Å². The minimum absolute atomic E-state index is 0.0193. The monoisotopic (exact) mass is 696 g/mol. The maximum Gasteiger partial charge on any atom is 0.339 e. The highest BCUT2D eigenvalue weighted by atomic mass is 35.5. The number of carbonyl (C=O) groups excluding carboxylic acids is 3. The topological polar surface area (TPSA) is 88.1 Å². The Morgan fingerprint density at radius 2 is 1.53 bits per heavy atom. The van der Waals surface area contributed by atoms with Crippen LogP contribution < -0.4 is 0 Å². The first-order valence-corrected chi connectivity index (χ1v) is 16.9. The Balaban J connectivity index is 1.34. The van der Waals surface area contributed by atoms with Gasteiger partial charge in [0.25, 0.3) is 0 Å². The van der Waals surface area contributed by atoms with Gasteiger partial charge in [-0.05, 0) is 86.8 Å². The van der Waals surface area contributed by atoms with E-state index >= 15 is 0 Å². The highest BCUT2D eigenvalue weighted by molar-refractivity contribution is 6.37. The quantitative estimate of drug-likeness (QED) is 0.228. The molecular weight excluding hydrogens is 662 g/mol. The smallest absolute Gasteiger partial charge is 0.339 e. The Kier molecular flexibility index (Phi) is 8.69. The molecule has 2 aromatic carbocycles. The van der Waals surface area contributed by atoms with Crippen LogP contribution in [0.2, 0.25) is 20.1 Å². The van der Waals surface area contributed by atoms with Crippen molar-refractivity contribution >= 4 is 64.3 Å². The molecule has 7 nitrogen and oxygen atoms in total. The van der Waals surface area contributed by atoms with Gasteiger partial charge in [0.15, 0.2) is 0 Å². The number of fused-ring (bicyclic) bond motifs is 2. The Morgan fingerprint density at radius 1 is 0.889 bits per heavy atom. The lowest BCUT2D eigenvalue weighted by Gasteiger charge is -2.65. The lowest BCUT2D eigenvalue weighted by Crippen LogP contribution is -2.67. The van der Waals surface area contributed by atoms with Crippen molar-refractivity contribution in [3.8, 4) is 0 Å². The molecule has 2 saturated heterocycles. The molecule has 0 radical (unpaired) electrons. The summed E-state index contributed by atoms with van der Waals surface area (Å²) < 4.78 is 24.8. The summed E-state index contributed by atoms with van der Waals surface area (Å²) in [5.74, 6) is -1.23. The standard InChI is InChI=1S/C34H36Cl4O7/c1-19-4-9-26-31(2,17-43-29(40)22-7-5-20(35)14-24(22)37)27(44-30(41)23-8-6-21(36)15-25(23)38)10-11-32(26,3)34(19)13-12-33(45-34)16-28(39)42-18-33/h5-8,14-15,19,26-27H,4,9-13,16-18H2,1-3H3/t19-,26?,27+,31+,32+,33?,34-/m1/s1. The maximum absolute atomic E-state index is 13.6. The van der Waals surface area contributed by atoms with E-state index in [1.807, 2.05) is 6.92 Å². The third-order valence-corrected chi connectivity index (χ3v) is 12.4. The van der Waals surface area contributed by atoms with Gasteiger partial charge in [-0.1, -0.05) is 67.2 Å². The van der Waals surface area contributed by atoms with Crippen molar-refractivity contribution < 1.29 is 33.3 Å². The molecule has 2 aliphatic heterocycles. The van der Waals surface area contributed by atoms with Crippen molar-refractivity contribution in [2.75, 3.05) is 13.2 Å². The minimum atomic E-state index is -0.801. The van der Waals surface area contributed by atoms with Gasteiger partial charge in [0, 0.05) is 20.9 Å². The van der Waals surface area contributed by atoms with Crippen LogP contribution in [0.25, 0.3) is 0 Å². The van der Waals surface area contributed by atoms with Crippen LogP contribution in [0.5, 0.6) is 0 Å². The van der Waals surface area contributed by atoms with Crippen LogP contribution in [0.1, 0.15) is 86.4 Å². The molecule has 2 unspecified atom stereocenters. The van der Waals surface area contributed by atoms with Crippen LogP contribution >= 0.6 is 46.4 Å². The van der Waals surface area contributed by atoms with Gasteiger partial charge < -0.3 is 18.9 Å². The molecule has 4 fully saturated rings. The second-order valence-corrected chi connectivity index (χ2v) is 15.4. The molecule has 2 aliphatic carbocycles. The fourth-order valence-corrected chi connectivity index (χ4v) is 9.87. The van der Waals surface area contributed by atoms with Crippen molar-refractivity contribution in [1.82, 2.24) is 0 Å². The van der Waals surface area contributed by atoms with E-state index in [2.05, 4.69) is 13.8 Å². The molecule has 2 heterocycles. The van der Waals surface area contributed by atoms with Gasteiger partial charge in [0.2, 0.25) is 0 Å². The molecule has 0 aromatic heterocycles. The summed E-state index contributed by atoms with van der Waals surface area (Å²) in [4.78, 5) is 39.1. The molecule has 0 amide bonds. The third-order valence-electron chi connectivity index (χ3n) is 11.3. The average molecular weight is 698 g/mol. The molecule has 0 bridgehead atoms.